The number of methoxy groups -OCH3 is 1. The van der Waals surface area contributed by atoms with Crippen molar-refractivity contribution in [1.29, 1.82) is 0 Å². The van der Waals surface area contributed by atoms with Gasteiger partial charge in [0.15, 0.2) is 0 Å². The molecular formula is C21H27N5O5S. The average molecular weight is 462 g/mol. The molecule has 3 rings (SSSR count). The molecule has 1 aromatic carbocycles. The summed E-state index contributed by atoms with van der Waals surface area (Å²) in [4.78, 5) is 16.9. The van der Waals surface area contributed by atoms with E-state index in [4.69, 9.17) is 15.2 Å². The van der Waals surface area contributed by atoms with Gasteiger partial charge in [0.1, 0.15) is 24.0 Å². The molecule has 32 heavy (non-hydrogen) atoms. The molecule has 0 fully saturated rings. The number of amides is 1. The Bertz CT molecular complexity index is 1130. The van der Waals surface area contributed by atoms with Crippen molar-refractivity contribution in [1.82, 2.24) is 10.3 Å². The Hall–Kier alpha value is -3.18. The normalized spacial score (nSPS) is 14.8. The van der Waals surface area contributed by atoms with Crippen molar-refractivity contribution in [2.45, 2.75) is 25.1 Å². The van der Waals surface area contributed by atoms with E-state index in [1.165, 1.54) is 0 Å². The quantitative estimate of drug-likeness (QED) is 0.474. The molecule has 1 aliphatic rings. The Morgan fingerprint density at radius 3 is 2.81 bits per heavy atom. The van der Waals surface area contributed by atoms with Crippen LogP contribution >= 0.6 is 0 Å². The molecular weight excluding hydrogens is 434 g/mol. The highest BCUT2D eigenvalue weighted by molar-refractivity contribution is 7.89. The predicted molar refractivity (Wildman–Crippen MR) is 121 cm³/mol. The first-order chi connectivity index (χ1) is 15.1. The molecule has 0 spiro atoms. The molecule has 10 nitrogen and oxygen atoms in total. The summed E-state index contributed by atoms with van der Waals surface area (Å²) in [5, 5.41) is 6.02. The molecule has 0 unspecified atom stereocenters. The summed E-state index contributed by atoms with van der Waals surface area (Å²) in [6.45, 7) is 4.86. The lowest BCUT2D eigenvalue weighted by atomic mass is 10.0. The monoisotopic (exact) mass is 461 g/mol. The Morgan fingerprint density at radius 1 is 1.28 bits per heavy atom. The first-order valence-electron chi connectivity index (χ1n) is 9.95. The van der Waals surface area contributed by atoms with Crippen molar-refractivity contribution in [2.24, 2.45) is 10.1 Å². The second-order valence-electron chi connectivity index (χ2n) is 7.97. The van der Waals surface area contributed by atoms with Crippen LogP contribution in [0.1, 0.15) is 35.3 Å². The lowest BCUT2D eigenvalue weighted by Gasteiger charge is -2.27. The van der Waals surface area contributed by atoms with E-state index in [0.717, 1.165) is 0 Å². The predicted octanol–water partition coefficient (Wildman–Crippen LogP) is 1.28. The minimum Gasteiger partial charge on any atom is -0.490 e. The van der Waals surface area contributed by atoms with Gasteiger partial charge in [-0.1, -0.05) is 12.1 Å². The number of nitrogens with two attached hydrogens (primary N) is 1. The van der Waals surface area contributed by atoms with E-state index < -0.39 is 15.6 Å². The molecule has 2 heterocycles. The number of benzene rings is 1. The highest BCUT2D eigenvalue weighted by atomic mass is 32.2. The molecule has 0 saturated heterocycles. The number of nitrogens with one attached hydrogen (secondary N) is 2. The molecule has 0 atom stereocenters. The van der Waals surface area contributed by atoms with Gasteiger partial charge in [-0.2, -0.15) is 0 Å². The zero-order valence-corrected chi connectivity index (χ0v) is 19.0. The van der Waals surface area contributed by atoms with Crippen molar-refractivity contribution in [2.75, 3.05) is 32.2 Å². The van der Waals surface area contributed by atoms with Gasteiger partial charge in [-0.15, -0.1) is 4.40 Å². The summed E-state index contributed by atoms with van der Waals surface area (Å²) in [6.07, 6.45) is 1.56. The van der Waals surface area contributed by atoms with Crippen LogP contribution in [0.4, 0.5) is 5.82 Å². The number of ether oxygens (including phenoxy) is 2. The third-order valence-corrected chi connectivity index (χ3v) is 5.77. The van der Waals surface area contributed by atoms with Gasteiger partial charge >= 0.3 is 0 Å². The van der Waals surface area contributed by atoms with Gasteiger partial charge in [0.25, 0.3) is 15.9 Å². The minimum absolute atomic E-state index is 0.103. The van der Waals surface area contributed by atoms with Gasteiger partial charge in [-0.05, 0) is 37.6 Å². The van der Waals surface area contributed by atoms with Gasteiger partial charge in [-0.3, -0.25) is 4.79 Å². The molecule has 0 bridgehead atoms. The highest BCUT2D eigenvalue weighted by Gasteiger charge is 2.27. The first kappa shape index (κ1) is 23.5. The summed E-state index contributed by atoms with van der Waals surface area (Å²) in [5.41, 5.74) is 6.58. The molecule has 172 valence electrons. The van der Waals surface area contributed by atoms with Crippen molar-refractivity contribution in [3.8, 4) is 5.75 Å². The molecule has 11 heteroatoms. The molecule has 0 radical (unpaired) electrons. The van der Waals surface area contributed by atoms with Crippen LogP contribution in [0.15, 0.2) is 40.9 Å². The number of carbonyl (C=O) groups excluding carboxylic acids is 1. The van der Waals surface area contributed by atoms with E-state index in [1.807, 2.05) is 13.8 Å². The second kappa shape index (κ2) is 9.53. The fraction of sp³-hybridized carbons (Fsp3) is 0.381. The number of hydrogen-bond donors (Lipinski definition) is 3. The number of nitrogens with zero attached hydrogens (tertiary/aromatic N) is 2. The lowest BCUT2D eigenvalue weighted by Crippen LogP contribution is -2.48. The SMILES string of the molecule is COCCNc1cc(C(=O)NC(C)(C)COc2cccc3c2C(N)=NS(=O)(=O)C3)ccn1. The second-order valence-corrected chi connectivity index (χ2v) is 9.60. The Kier molecular flexibility index (Phi) is 6.99. The van der Waals surface area contributed by atoms with E-state index >= 15 is 0 Å². The smallest absolute Gasteiger partial charge is 0.259 e. The summed E-state index contributed by atoms with van der Waals surface area (Å²) in [6, 6.07) is 8.35. The van der Waals surface area contributed by atoms with Gasteiger partial charge in [0, 0.05) is 25.4 Å². The van der Waals surface area contributed by atoms with Crippen molar-refractivity contribution in [3.63, 3.8) is 0 Å². The van der Waals surface area contributed by atoms with E-state index in [9.17, 15) is 13.2 Å². The Labute approximate surface area is 187 Å². The highest BCUT2D eigenvalue weighted by Crippen LogP contribution is 2.28. The number of hydrogen-bond acceptors (Lipinski definition) is 8. The van der Waals surface area contributed by atoms with Gasteiger partial charge in [0.05, 0.1) is 23.5 Å². The number of pyridine rings is 1. The topological polar surface area (TPSA) is 145 Å². The maximum Gasteiger partial charge on any atom is 0.259 e. The maximum atomic E-state index is 12.8. The van der Waals surface area contributed by atoms with E-state index in [-0.39, 0.29) is 24.1 Å². The van der Waals surface area contributed by atoms with E-state index in [2.05, 4.69) is 20.0 Å². The number of amidine groups is 1. The van der Waals surface area contributed by atoms with Crippen molar-refractivity contribution >= 4 is 27.6 Å². The standard InChI is InChI=1S/C21H27N5O5S/c1-21(2,25-20(27)14-7-8-23-17(11-14)24-9-10-30-3)13-31-16-6-4-5-15-12-32(28,29)26-19(22)18(15)16/h4-8,11H,9-10,12-13H2,1-3H3,(H2,22,26)(H,23,24)(H,25,27). The Balaban J connectivity index is 1.67. The number of aromatic nitrogens is 1. The van der Waals surface area contributed by atoms with Crippen LogP contribution in [-0.2, 0) is 20.5 Å². The zero-order valence-electron chi connectivity index (χ0n) is 18.2. The van der Waals surface area contributed by atoms with E-state index in [0.29, 0.717) is 41.4 Å². The molecule has 0 aliphatic carbocycles. The lowest BCUT2D eigenvalue weighted by molar-refractivity contribution is 0.0880. The number of carbonyl (C=O) groups is 1. The summed E-state index contributed by atoms with van der Waals surface area (Å²) in [7, 11) is -2.02. The number of rotatable bonds is 9. The van der Waals surface area contributed by atoms with Crippen molar-refractivity contribution in [3.05, 3.63) is 53.2 Å². The van der Waals surface area contributed by atoms with Crippen LogP contribution < -0.4 is 21.1 Å². The third-order valence-electron chi connectivity index (χ3n) is 4.62. The molecule has 0 saturated carbocycles. The summed E-state index contributed by atoms with van der Waals surface area (Å²) >= 11 is 0. The van der Waals surface area contributed by atoms with Crippen LogP contribution in [-0.4, -0.2) is 57.6 Å². The Morgan fingerprint density at radius 2 is 2.06 bits per heavy atom. The fourth-order valence-electron chi connectivity index (χ4n) is 3.16. The molecule has 4 N–H and O–H groups in total. The van der Waals surface area contributed by atoms with Crippen LogP contribution in [0.25, 0.3) is 0 Å². The number of sulfonamides is 1. The summed E-state index contributed by atoms with van der Waals surface area (Å²) in [5.74, 6) is 0.370. The maximum absolute atomic E-state index is 12.8. The van der Waals surface area contributed by atoms with Crippen LogP contribution in [0, 0.1) is 0 Å². The fourth-order valence-corrected chi connectivity index (χ4v) is 4.24. The van der Waals surface area contributed by atoms with Gasteiger partial charge in [0.2, 0.25) is 0 Å². The van der Waals surface area contributed by atoms with Gasteiger partial charge < -0.3 is 25.8 Å². The molecule has 2 aromatic rings. The largest absolute Gasteiger partial charge is 0.490 e. The van der Waals surface area contributed by atoms with Crippen LogP contribution in [0.3, 0.4) is 0 Å². The average Bonchev–Trinajstić information content (AvgIpc) is 2.71. The third kappa shape index (κ3) is 5.95. The molecule has 1 aliphatic heterocycles. The van der Waals surface area contributed by atoms with Gasteiger partial charge in [-0.25, -0.2) is 13.4 Å². The first-order valence-corrected chi connectivity index (χ1v) is 11.6. The number of anilines is 1. The molecule has 1 amide bonds. The van der Waals surface area contributed by atoms with Crippen LogP contribution in [0.5, 0.6) is 5.75 Å². The molecule has 1 aromatic heterocycles. The zero-order chi connectivity index (χ0) is 23.4. The minimum atomic E-state index is -3.63. The summed E-state index contributed by atoms with van der Waals surface area (Å²) < 4.78 is 38.2. The van der Waals surface area contributed by atoms with Crippen molar-refractivity contribution < 1.29 is 22.7 Å². The van der Waals surface area contributed by atoms with E-state index in [1.54, 1.807) is 43.6 Å². The number of fused-ring (bicyclic) bond motifs is 1. The van der Waals surface area contributed by atoms with Crippen LogP contribution in [0.2, 0.25) is 0 Å².